The molecular formula is C10H17Cl2N3. The Bertz CT molecular complexity index is 313. The highest BCUT2D eigenvalue weighted by atomic mass is 35.5. The van der Waals surface area contributed by atoms with Crippen molar-refractivity contribution in [1.82, 2.24) is 4.90 Å². The first kappa shape index (κ1) is 16.7. The topological polar surface area (TPSA) is 53.1 Å². The van der Waals surface area contributed by atoms with E-state index in [1.807, 2.05) is 38.4 Å². The summed E-state index contributed by atoms with van der Waals surface area (Å²) in [6.45, 7) is 0.876. The summed E-state index contributed by atoms with van der Waals surface area (Å²) in [6.07, 6.45) is 0. The fraction of sp³-hybridized carbons (Fsp3) is 0.300. The third kappa shape index (κ3) is 5.62. The Morgan fingerprint density at radius 2 is 1.93 bits per heavy atom. The van der Waals surface area contributed by atoms with Crippen LogP contribution in [0.4, 0.5) is 0 Å². The van der Waals surface area contributed by atoms with Gasteiger partial charge in [0.25, 0.3) is 0 Å². The summed E-state index contributed by atoms with van der Waals surface area (Å²) in [5.74, 6) is 0.126. The maximum Gasteiger partial charge on any atom is 0.122 e. The zero-order valence-electron chi connectivity index (χ0n) is 8.86. The minimum Gasteiger partial charge on any atom is -0.384 e. The first-order valence-corrected chi connectivity index (χ1v) is 4.17. The predicted molar refractivity (Wildman–Crippen MR) is 69.3 cm³/mol. The number of hydrogen-bond acceptors (Lipinski definition) is 2. The molecule has 15 heavy (non-hydrogen) atoms. The highest BCUT2D eigenvalue weighted by Crippen LogP contribution is 2.05. The molecule has 86 valence electrons. The molecule has 0 amide bonds. The molecule has 1 rings (SSSR count). The van der Waals surface area contributed by atoms with E-state index in [9.17, 15) is 0 Å². The molecular weight excluding hydrogens is 233 g/mol. The second kappa shape index (κ2) is 7.51. The van der Waals surface area contributed by atoms with Crippen LogP contribution in [0.1, 0.15) is 11.1 Å². The van der Waals surface area contributed by atoms with Gasteiger partial charge in [0.2, 0.25) is 0 Å². The van der Waals surface area contributed by atoms with Crippen molar-refractivity contribution in [3.05, 3.63) is 35.4 Å². The number of nitrogens with zero attached hydrogens (tertiary/aromatic N) is 1. The van der Waals surface area contributed by atoms with Crippen LogP contribution in [0, 0.1) is 5.41 Å². The second-order valence-corrected chi connectivity index (χ2v) is 3.35. The van der Waals surface area contributed by atoms with Gasteiger partial charge in [-0.2, -0.15) is 0 Å². The molecule has 0 radical (unpaired) electrons. The summed E-state index contributed by atoms with van der Waals surface area (Å²) >= 11 is 0. The lowest BCUT2D eigenvalue weighted by atomic mass is 10.1. The van der Waals surface area contributed by atoms with Gasteiger partial charge >= 0.3 is 0 Å². The van der Waals surface area contributed by atoms with Crippen molar-refractivity contribution in [3.63, 3.8) is 0 Å². The van der Waals surface area contributed by atoms with E-state index in [1.165, 1.54) is 5.56 Å². The van der Waals surface area contributed by atoms with Gasteiger partial charge in [0.1, 0.15) is 5.84 Å². The Morgan fingerprint density at radius 3 is 2.40 bits per heavy atom. The molecule has 0 aliphatic heterocycles. The van der Waals surface area contributed by atoms with Crippen LogP contribution in [0.3, 0.4) is 0 Å². The second-order valence-electron chi connectivity index (χ2n) is 3.35. The lowest BCUT2D eigenvalue weighted by Crippen LogP contribution is -2.14. The minimum absolute atomic E-state index is 0. The van der Waals surface area contributed by atoms with Crippen LogP contribution in [-0.2, 0) is 6.54 Å². The van der Waals surface area contributed by atoms with Crippen molar-refractivity contribution < 1.29 is 0 Å². The zero-order valence-corrected chi connectivity index (χ0v) is 10.5. The number of hydrogen-bond donors (Lipinski definition) is 2. The van der Waals surface area contributed by atoms with Crippen LogP contribution in [0.25, 0.3) is 0 Å². The van der Waals surface area contributed by atoms with E-state index in [2.05, 4.69) is 4.90 Å². The van der Waals surface area contributed by atoms with Crippen LogP contribution in [-0.4, -0.2) is 24.8 Å². The molecule has 1 aromatic carbocycles. The third-order valence-corrected chi connectivity index (χ3v) is 1.74. The maximum atomic E-state index is 7.28. The zero-order chi connectivity index (χ0) is 9.84. The summed E-state index contributed by atoms with van der Waals surface area (Å²) in [4.78, 5) is 2.08. The summed E-state index contributed by atoms with van der Waals surface area (Å²) < 4.78 is 0. The van der Waals surface area contributed by atoms with E-state index in [4.69, 9.17) is 11.1 Å². The van der Waals surface area contributed by atoms with Gasteiger partial charge in [0, 0.05) is 12.1 Å². The Hall–Kier alpha value is -0.770. The summed E-state index contributed by atoms with van der Waals surface area (Å²) in [7, 11) is 4.03. The lowest BCUT2D eigenvalue weighted by molar-refractivity contribution is 0.402. The molecule has 0 aliphatic rings. The molecule has 0 saturated heterocycles. The fourth-order valence-electron chi connectivity index (χ4n) is 1.20. The maximum absolute atomic E-state index is 7.28. The van der Waals surface area contributed by atoms with E-state index >= 15 is 0 Å². The lowest BCUT2D eigenvalue weighted by Gasteiger charge is -2.10. The van der Waals surface area contributed by atoms with Gasteiger partial charge in [-0.15, -0.1) is 24.8 Å². The number of nitrogen functional groups attached to an aromatic ring is 1. The average molecular weight is 250 g/mol. The number of rotatable bonds is 3. The molecule has 0 aromatic heterocycles. The van der Waals surface area contributed by atoms with E-state index in [-0.39, 0.29) is 30.6 Å². The molecule has 0 spiro atoms. The number of nitrogens with one attached hydrogen (secondary N) is 1. The van der Waals surface area contributed by atoms with Gasteiger partial charge in [0.15, 0.2) is 0 Å². The standard InChI is InChI=1S/C10H15N3.2ClH/c1-13(2)7-8-4-3-5-9(6-8)10(11)12;;/h3-6H,7H2,1-2H3,(H3,11,12);2*1H. The van der Waals surface area contributed by atoms with Crippen LogP contribution in [0.5, 0.6) is 0 Å². The molecule has 0 atom stereocenters. The van der Waals surface area contributed by atoms with Crippen molar-refractivity contribution >= 4 is 30.6 Å². The Kier molecular flexibility index (Phi) is 8.34. The summed E-state index contributed by atoms with van der Waals surface area (Å²) in [6, 6.07) is 7.76. The van der Waals surface area contributed by atoms with Gasteiger partial charge in [-0.05, 0) is 25.7 Å². The highest BCUT2D eigenvalue weighted by Gasteiger charge is 1.98. The van der Waals surface area contributed by atoms with Crippen molar-refractivity contribution in [3.8, 4) is 0 Å². The van der Waals surface area contributed by atoms with Gasteiger partial charge in [-0.25, -0.2) is 0 Å². The quantitative estimate of drug-likeness (QED) is 0.635. The molecule has 1 aromatic rings. The number of benzene rings is 1. The summed E-state index contributed by atoms with van der Waals surface area (Å²) in [5.41, 5.74) is 7.35. The monoisotopic (exact) mass is 249 g/mol. The van der Waals surface area contributed by atoms with E-state index in [1.54, 1.807) is 0 Å². The molecule has 0 aliphatic carbocycles. The van der Waals surface area contributed by atoms with Crippen molar-refractivity contribution in [2.45, 2.75) is 6.54 Å². The Morgan fingerprint density at radius 1 is 1.33 bits per heavy atom. The predicted octanol–water partition coefficient (Wildman–Crippen LogP) is 1.88. The van der Waals surface area contributed by atoms with Crippen LogP contribution >= 0.6 is 24.8 Å². The molecule has 3 N–H and O–H groups in total. The SMILES string of the molecule is CN(C)Cc1cccc(C(=N)N)c1.Cl.Cl. The smallest absolute Gasteiger partial charge is 0.122 e. The average Bonchev–Trinajstić information content (AvgIpc) is 2.03. The van der Waals surface area contributed by atoms with Crippen LogP contribution < -0.4 is 5.73 Å². The third-order valence-electron chi connectivity index (χ3n) is 1.74. The first-order valence-electron chi connectivity index (χ1n) is 4.17. The molecule has 0 bridgehead atoms. The number of halogens is 2. The molecule has 3 nitrogen and oxygen atoms in total. The number of nitrogens with two attached hydrogens (primary N) is 1. The van der Waals surface area contributed by atoms with E-state index in [0.29, 0.717) is 0 Å². The van der Waals surface area contributed by atoms with Crippen LogP contribution in [0.15, 0.2) is 24.3 Å². The van der Waals surface area contributed by atoms with E-state index in [0.717, 1.165) is 12.1 Å². The number of amidine groups is 1. The van der Waals surface area contributed by atoms with Crippen molar-refractivity contribution in [2.24, 2.45) is 5.73 Å². The van der Waals surface area contributed by atoms with Crippen LogP contribution in [0.2, 0.25) is 0 Å². The highest BCUT2D eigenvalue weighted by molar-refractivity contribution is 5.95. The molecule has 0 unspecified atom stereocenters. The van der Waals surface area contributed by atoms with Gasteiger partial charge in [-0.3, -0.25) is 5.41 Å². The Balaban J connectivity index is 0. The molecule has 0 saturated carbocycles. The van der Waals surface area contributed by atoms with Gasteiger partial charge in [0.05, 0.1) is 0 Å². The van der Waals surface area contributed by atoms with Gasteiger partial charge < -0.3 is 10.6 Å². The fourth-order valence-corrected chi connectivity index (χ4v) is 1.20. The van der Waals surface area contributed by atoms with Crippen molar-refractivity contribution in [2.75, 3.05) is 14.1 Å². The first-order chi connectivity index (χ1) is 6.09. The Labute approximate surface area is 103 Å². The van der Waals surface area contributed by atoms with Gasteiger partial charge in [-0.1, -0.05) is 18.2 Å². The summed E-state index contributed by atoms with van der Waals surface area (Å²) in [5, 5.41) is 7.28. The van der Waals surface area contributed by atoms with E-state index < -0.39 is 0 Å². The normalized spacial score (nSPS) is 9.00. The van der Waals surface area contributed by atoms with Crippen molar-refractivity contribution in [1.29, 1.82) is 5.41 Å². The molecule has 0 heterocycles. The largest absolute Gasteiger partial charge is 0.384 e. The molecule has 0 fully saturated rings. The molecule has 5 heteroatoms. The minimum atomic E-state index is 0.